The lowest BCUT2D eigenvalue weighted by atomic mass is 10.2. The Morgan fingerprint density at radius 3 is 2.81 bits per heavy atom. The minimum Gasteiger partial charge on any atom is -0.376 e. The van der Waals surface area contributed by atoms with E-state index in [1.54, 1.807) is 22.8 Å². The van der Waals surface area contributed by atoms with Gasteiger partial charge in [0.25, 0.3) is 5.56 Å². The molecule has 0 bridgehead atoms. The van der Waals surface area contributed by atoms with Gasteiger partial charge < -0.3 is 9.64 Å². The molecule has 0 spiro atoms. The molecule has 4 rings (SSSR count). The van der Waals surface area contributed by atoms with E-state index in [-0.39, 0.29) is 23.3 Å². The summed E-state index contributed by atoms with van der Waals surface area (Å²) >= 11 is 7.42. The molecule has 0 aliphatic carbocycles. The maximum absolute atomic E-state index is 13.2. The molecule has 1 atom stereocenters. The highest BCUT2D eigenvalue weighted by atomic mass is 35.5. The smallest absolute Gasteiger partial charge is 0.262 e. The topological polar surface area (TPSA) is 64.4 Å². The largest absolute Gasteiger partial charge is 0.376 e. The number of amides is 1. The number of hydrogen-bond donors (Lipinski definition) is 0. The van der Waals surface area contributed by atoms with Gasteiger partial charge in [0.2, 0.25) is 5.91 Å². The Hall–Kier alpha value is -2.35. The van der Waals surface area contributed by atoms with E-state index in [0.717, 1.165) is 18.4 Å². The van der Waals surface area contributed by atoms with Crippen molar-refractivity contribution < 1.29 is 9.53 Å². The Labute approximate surface area is 196 Å². The zero-order chi connectivity index (χ0) is 22.5. The number of aromatic nitrogens is 2. The number of thioether (sulfide) groups is 1. The molecular formula is C24H26ClN3O3S. The van der Waals surface area contributed by atoms with Crippen LogP contribution in [0.4, 0.5) is 0 Å². The predicted molar refractivity (Wildman–Crippen MR) is 128 cm³/mol. The van der Waals surface area contributed by atoms with Crippen LogP contribution in [0.3, 0.4) is 0 Å². The first-order valence-electron chi connectivity index (χ1n) is 10.8. The Morgan fingerprint density at radius 1 is 1.28 bits per heavy atom. The summed E-state index contributed by atoms with van der Waals surface area (Å²) in [5.41, 5.74) is 1.49. The van der Waals surface area contributed by atoms with Crippen LogP contribution in [0.1, 0.15) is 25.3 Å². The second kappa shape index (κ2) is 10.5. The van der Waals surface area contributed by atoms with Crippen LogP contribution in [0.25, 0.3) is 10.9 Å². The van der Waals surface area contributed by atoms with Gasteiger partial charge in [-0.1, -0.05) is 53.7 Å². The lowest BCUT2D eigenvalue weighted by molar-refractivity contribution is -0.128. The molecule has 1 aromatic heterocycles. The summed E-state index contributed by atoms with van der Waals surface area (Å²) in [6, 6.07) is 15.0. The number of halogens is 1. The van der Waals surface area contributed by atoms with Gasteiger partial charge in [0, 0.05) is 24.7 Å². The van der Waals surface area contributed by atoms with Crippen LogP contribution in [-0.4, -0.2) is 45.4 Å². The Morgan fingerprint density at radius 2 is 2.09 bits per heavy atom. The van der Waals surface area contributed by atoms with Gasteiger partial charge in [0.15, 0.2) is 5.16 Å². The highest BCUT2D eigenvalue weighted by Gasteiger charge is 2.21. The molecule has 1 amide bonds. The molecule has 1 fully saturated rings. The van der Waals surface area contributed by atoms with Crippen molar-refractivity contribution in [1.82, 2.24) is 14.5 Å². The molecule has 1 aliphatic rings. The van der Waals surface area contributed by atoms with Gasteiger partial charge in [-0.15, -0.1) is 0 Å². The van der Waals surface area contributed by atoms with Gasteiger partial charge >= 0.3 is 0 Å². The van der Waals surface area contributed by atoms with Crippen molar-refractivity contribution in [3.8, 4) is 0 Å². The maximum Gasteiger partial charge on any atom is 0.262 e. The average molecular weight is 472 g/mol. The number of carbonyl (C=O) groups is 1. The van der Waals surface area contributed by atoms with Crippen molar-refractivity contribution in [2.45, 2.75) is 44.1 Å². The van der Waals surface area contributed by atoms with Crippen molar-refractivity contribution in [2.75, 3.05) is 18.9 Å². The molecule has 0 unspecified atom stereocenters. The molecule has 1 aliphatic heterocycles. The van der Waals surface area contributed by atoms with Crippen LogP contribution < -0.4 is 5.56 Å². The van der Waals surface area contributed by atoms with Gasteiger partial charge in [-0.05, 0) is 43.5 Å². The SMILES string of the molecule is CCN(Cc1ccccc1)C(=O)CSc1nc2cc(Cl)ccc2c(=O)n1C[C@H]1CCCO1. The number of rotatable bonds is 8. The normalized spacial score (nSPS) is 15.9. The minimum atomic E-state index is -0.131. The second-order valence-corrected chi connectivity index (χ2v) is 9.17. The lowest BCUT2D eigenvalue weighted by Gasteiger charge is -2.21. The van der Waals surface area contributed by atoms with Crippen LogP contribution in [-0.2, 0) is 22.6 Å². The molecule has 0 radical (unpaired) electrons. The fourth-order valence-electron chi connectivity index (χ4n) is 3.83. The molecule has 2 aromatic carbocycles. The van der Waals surface area contributed by atoms with Gasteiger partial charge in [0.05, 0.1) is 29.3 Å². The molecule has 0 N–H and O–H groups in total. The zero-order valence-electron chi connectivity index (χ0n) is 18.0. The van der Waals surface area contributed by atoms with E-state index in [1.165, 1.54) is 11.8 Å². The fourth-order valence-corrected chi connectivity index (χ4v) is 4.91. The summed E-state index contributed by atoms with van der Waals surface area (Å²) in [6.45, 7) is 4.28. The predicted octanol–water partition coefficient (Wildman–Crippen LogP) is 4.37. The standard InChI is InChI=1S/C24H26ClN3O3S/c1-2-27(14-17-7-4-3-5-8-17)22(29)16-32-24-26-21-13-18(25)10-11-20(21)23(30)28(24)15-19-9-6-12-31-19/h3-5,7-8,10-11,13,19H,2,6,9,12,14-16H2,1H3/t19-/m1/s1. The molecule has 3 aromatic rings. The van der Waals surface area contributed by atoms with Crippen molar-refractivity contribution in [3.05, 3.63) is 69.5 Å². The van der Waals surface area contributed by atoms with Crippen LogP contribution in [0, 0.1) is 0 Å². The number of hydrogen-bond acceptors (Lipinski definition) is 5. The molecular weight excluding hydrogens is 446 g/mol. The lowest BCUT2D eigenvalue weighted by Crippen LogP contribution is -2.32. The van der Waals surface area contributed by atoms with E-state index in [2.05, 4.69) is 0 Å². The van der Waals surface area contributed by atoms with E-state index >= 15 is 0 Å². The summed E-state index contributed by atoms with van der Waals surface area (Å²) < 4.78 is 7.40. The monoisotopic (exact) mass is 471 g/mol. The Balaban J connectivity index is 1.57. The average Bonchev–Trinajstić information content (AvgIpc) is 3.32. The van der Waals surface area contributed by atoms with E-state index < -0.39 is 0 Å². The van der Waals surface area contributed by atoms with Gasteiger partial charge in [-0.25, -0.2) is 4.98 Å². The number of ether oxygens (including phenoxy) is 1. The molecule has 168 valence electrons. The first-order chi connectivity index (χ1) is 15.5. The van der Waals surface area contributed by atoms with Crippen molar-refractivity contribution in [3.63, 3.8) is 0 Å². The highest BCUT2D eigenvalue weighted by molar-refractivity contribution is 7.99. The summed E-state index contributed by atoms with van der Waals surface area (Å²) in [5.74, 6) is 0.204. The second-order valence-electron chi connectivity index (χ2n) is 7.79. The first-order valence-corrected chi connectivity index (χ1v) is 12.2. The summed E-state index contributed by atoms with van der Waals surface area (Å²) in [5, 5.41) is 1.56. The Kier molecular flexibility index (Phi) is 7.50. The van der Waals surface area contributed by atoms with Crippen molar-refractivity contribution in [2.24, 2.45) is 0 Å². The van der Waals surface area contributed by atoms with Gasteiger partial charge in [0.1, 0.15) is 0 Å². The molecule has 2 heterocycles. The van der Waals surface area contributed by atoms with Crippen LogP contribution in [0.2, 0.25) is 5.02 Å². The van der Waals surface area contributed by atoms with E-state index in [4.69, 9.17) is 21.3 Å². The third-order valence-corrected chi connectivity index (χ3v) is 6.76. The van der Waals surface area contributed by atoms with Crippen molar-refractivity contribution >= 4 is 40.2 Å². The van der Waals surface area contributed by atoms with Gasteiger partial charge in [-0.3, -0.25) is 14.2 Å². The quantitative estimate of drug-likeness (QED) is 0.360. The number of nitrogens with zero attached hydrogens (tertiary/aromatic N) is 3. The third-order valence-electron chi connectivity index (χ3n) is 5.57. The number of carbonyl (C=O) groups excluding carboxylic acids is 1. The molecule has 0 saturated carbocycles. The van der Waals surface area contributed by atoms with E-state index in [9.17, 15) is 9.59 Å². The van der Waals surface area contributed by atoms with Crippen LogP contribution in [0.5, 0.6) is 0 Å². The number of benzene rings is 2. The minimum absolute atomic E-state index is 0.00506. The summed E-state index contributed by atoms with van der Waals surface area (Å²) in [4.78, 5) is 32.7. The third kappa shape index (κ3) is 5.34. The Bertz CT molecular complexity index is 1150. The van der Waals surface area contributed by atoms with Crippen LogP contribution in [0.15, 0.2) is 58.5 Å². The summed E-state index contributed by atoms with van der Waals surface area (Å²) in [7, 11) is 0. The van der Waals surface area contributed by atoms with E-state index in [0.29, 0.717) is 47.3 Å². The molecule has 6 nitrogen and oxygen atoms in total. The zero-order valence-corrected chi connectivity index (χ0v) is 19.6. The molecule has 32 heavy (non-hydrogen) atoms. The molecule has 8 heteroatoms. The van der Waals surface area contributed by atoms with Gasteiger partial charge in [-0.2, -0.15) is 0 Å². The van der Waals surface area contributed by atoms with Crippen molar-refractivity contribution in [1.29, 1.82) is 0 Å². The highest BCUT2D eigenvalue weighted by Crippen LogP contribution is 2.23. The van der Waals surface area contributed by atoms with Crippen LogP contribution >= 0.6 is 23.4 Å². The first kappa shape index (κ1) is 22.8. The fraction of sp³-hybridized carbons (Fsp3) is 0.375. The maximum atomic E-state index is 13.2. The van der Waals surface area contributed by atoms with E-state index in [1.807, 2.05) is 42.2 Å². The molecule has 1 saturated heterocycles. The summed E-state index contributed by atoms with van der Waals surface area (Å²) in [6.07, 6.45) is 1.89. The number of fused-ring (bicyclic) bond motifs is 1.